The van der Waals surface area contributed by atoms with Crippen molar-refractivity contribution in [1.29, 1.82) is 0 Å². The number of hydrogen-bond donors (Lipinski definition) is 4. The number of nitrogens with zero attached hydrogens (tertiary/aromatic N) is 1. The molecule has 0 saturated carbocycles. The summed E-state index contributed by atoms with van der Waals surface area (Å²) in [6, 6.07) is 0. The minimum absolute atomic E-state index is 0.0906. The summed E-state index contributed by atoms with van der Waals surface area (Å²) in [7, 11) is 0. The Bertz CT molecular complexity index is 192. The molecule has 0 saturated heterocycles. The monoisotopic (exact) mass is 160 g/mol. The lowest BCUT2D eigenvalue weighted by Crippen LogP contribution is -2.53. The first-order chi connectivity index (χ1) is 4.63. The number of hydrazine groups is 1. The third-order valence-electron chi connectivity index (χ3n) is 1.13. The van der Waals surface area contributed by atoms with E-state index in [-0.39, 0.29) is 5.70 Å². The van der Waals surface area contributed by atoms with Crippen molar-refractivity contribution < 1.29 is 4.79 Å². The van der Waals surface area contributed by atoms with Gasteiger partial charge in [0.1, 0.15) is 5.70 Å². The first-order valence-corrected chi connectivity index (χ1v) is 3.12. The van der Waals surface area contributed by atoms with Crippen LogP contribution < -0.4 is 16.9 Å². The van der Waals surface area contributed by atoms with Gasteiger partial charge in [-0.25, -0.2) is 10.9 Å². The summed E-state index contributed by atoms with van der Waals surface area (Å²) in [5.74, 6) is 4.82. The Balaban J connectivity index is 2.81. The Labute approximate surface area is 63.4 Å². The van der Waals surface area contributed by atoms with E-state index in [1.807, 2.05) is 0 Å². The van der Waals surface area contributed by atoms with E-state index in [9.17, 15) is 4.79 Å². The largest absolute Gasteiger partial charge is 0.393 e. The topological polar surface area (TPSA) is 84.4 Å². The fraction of sp³-hybridized carbons (Fsp3) is 0.250. The summed E-state index contributed by atoms with van der Waals surface area (Å²) < 4.78 is 0. The Morgan fingerprint density at radius 3 is 2.90 bits per heavy atom. The van der Waals surface area contributed by atoms with Crippen LogP contribution in [0.4, 0.5) is 0 Å². The highest BCUT2D eigenvalue weighted by molar-refractivity contribution is 7.80. The molecule has 1 aliphatic heterocycles. The van der Waals surface area contributed by atoms with Crippen LogP contribution in [-0.2, 0) is 4.79 Å². The molecule has 1 unspecified atom stereocenters. The maximum Gasteiger partial charge on any atom is 0.287 e. The number of hydrogen-bond acceptors (Lipinski definition) is 5. The summed E-state index contributed by atoms with van der Waals surface area (Å²) in [5.41, 5.74) is 4.83. The van der Waals surface area contributed by atoms with Crippen LogP contribution >= 0.6 is 12.6 Å². The quantitative estimate of drug-likeness (QED) is 0.193. The van der Waals surface area contributed by atoms with E-state index in [1.165, 1.54) is 6.20 Å². The van der Waals surface area contributed by atoms with Crippen molar-refractivity contribution in [2.24, 2.45) is 11.6 Å². The molecule has 5 nitrogen and oxygen atoms in total. The lowest BCUT2D eigenvalue weighted by atomic mass is 10.4. The average molecular weight is 160 g/mol. The van der Waals surface area contributed by atoms with Gasteiger partial charge >= 0.3 is 0 Å². The van der Waals surface area contributed by atoms with Crippen molar-refractivity contribution in [3.63, 3.8) is 0 Å². The van der Waals surface area contributed by atoms with Gasteiger partial charge in [0.15, 0.2) is 5.50 Å². The Hall–Kier alpha value is -0.880. The van der Waals surface area contributed by atoms with Crippen molar-refractivity contribution in [2.75, 3.05) is 0 Å². The molecule has 0 bridgehead atoms. The molecule has 6 heteroatoms. The first-order valence-electron chi connectivity index (χ1n) is 2.61. The van der Waals surface area contributed by atoms with E-state index in [1.54, 1.807) is 0 Å². The molecule has 0 aromatic carbocycles. The number of nitrogens with two attached hydrogens (primary N) is 2. The van der Waals surface area contributed by atoms with E-state index >= 15 is 0 Å². The Morgan fingerprint density at radius 2 is 2.40 bits per heavy atom. The van der Waals surface area contributed by atoms with E-state index in [4.69, 9.17) is 11.6 Å². The van der Waals surface area contributed by atoms with Crippen LogP contribution in [0, 0.1) is 0 Å². The molecular weight excluding hydrogens is 152 g/mol. The molecule has 0 aromatic heterocycles. The van der Waals surface area contributed by atoms with E-state index < -0.39 is 11.4 Å². The highest BCUT2D eigenvalue weighted by Gasteiger charge is 2.22. The number of amides is 1. The highest BCUT2D eigenvalue weighted by Crippen LogP contribution is 2.03. The lowest BCUT2D eigenvalue weighted by molar-refractivity contribution is -0.129. The molecule has 1 aliphatic rings. The van der Waals surface area contributed by atoms with E-state index in [0.717, 1.165) is 5.01 Å². The molecule has 5 N–H and O–H groups in total. The molecule has 0 aromatic rings. The standard InChI is InChI=1S/C4H8N4OS/c5-2-1-7-4(10)8(6)3(2)9/h1,4,7,10H,5-6H2. The second-order valence-corrected chi connectivity index (χ2v) is 2.34. The van der Waals surface area contributed by atoms with Gasteiger partial charge in [-0.3, -0.25) is 4.79 Å². The number of thiol groups is 1. The molecule has 10 heavy (non-hydrogen) atoms. The highest BCUT2D eigenvalue weighted by atomic mass is 32.1. The van der Waals surface area contributed by atoms with Crippen LogP contribution in [0.15, 0.2) is 11.9 Å². The molecule has 1 rings (SSSR count). The van der Waals surface area contributed by atoms with Gasteiger partial charge in [0.2, 0.25) is 0 Å². The van der Waals surface area contributed by atoms with Gasteiger partial charge in [-0.2, -0.15) is 0 Å². The molecule has 56 valence electrons. The third-order valence-corrected chi connectivity index (χ3v) is 1.53. The summed E-state index contributed by atoms with van der Waals surface area (Å²) in [6.07, 6.45) is 1.38. The van der Waals surface area contributed by atoms with E-state index in [2.05, 4.69) is 17.9 Å². The van der Waals surface area contributed by atoms with Gasteiger partial charge in [-0.15, -0.1) is 12.6 Å². The SMILES string of the molecule is NC1=CNC(S)N(N)C1=O. The number of carbonyl (C=O) groups is 1. The number of nitrogens with one attached hydrogen (secondary N) is 1. The molecule has 1 heterocycles. The van der Waals surface area contributed by atoms with Gasteiger partial charge in [-0.1, -0.05) is 0 Å². The fourth-order valence-electron chi connectivity index (χ4n) is 0.566. The normalized spacial score (nSPS) is 25.8. The smallest absolute Gasteiger partial charge is 0.287 e. The number of rotatable bonds is 0. The second-order valence-electron chi connectivity index (χ2n) is 1.85. The minimum atomic E-state index is -0.486. The predicted octanol–water partition coefficient (Wildman–Crippen LogP) is -1.69. The van der Waals surface area contributed by atoms with Crippen molar-refractivity contribution in [3.8, 4) is 0 Å². The van der Waals surface area contributed by atoms with Gasteiger partial charge in [0.25, 0.3) is 5.91 Å². The van der Waals surface area contributed by atoms with Gasteiger partial charge in [0, 0.05) is 6.20 Å². The molecular formula is C4H8N4OS. The van der Waals surface area contributed by atoms with Gasteiger partial charge in [-0.05, 0) is 0 Å². The zero-order chi connectivity index (χ0) is 7.72. The average Bonchev–Trinajstić information content (AvgIpc) is 1.93. The third kappa shape index (κ3) is 1.03. The zero-order valence-corrected chi connectivity index (χ0v) is 6.01. The fourth-order valence-corrected chi connectivity index (χ4v) is 0.746. The molecule has 1 amide bonds. The Morgan fingerprint density at radius 1 is 1.80 bits per heavy atom. The van der Waals surface area contributed by atoms with Crippen molar-refractivity contribution in [3.05, 3.63) is 11.9 Å². The van der Waals surface area contributed by atoms with Crippen LogP contribution in [0.2, 0.25) is 0 Å². The van der Waals surface area contributed by atoms with Crippen LogP contribution in [0.3, 0.4) is 0 Å². The second kappa shape index (κ2) is 2.39. The predicted molar refractivity (Wildman–Crippen MR) is 39.2 cm³/mol. The summed E-state index contributed by atoms with van der Waals surface area (Å²) in [4.78, 5) is 10.9. The van der Waals surface area contributed by atoms with Gasteiger partial charge in [0.05, 0.1) is 0 Å². The van der Waals surface area contributed by atoms with Crippen molar-refractivity contribution in [1.82, 2.24) is 10.3 Å². The molecule has 0 spiro atoms. The first kappa shape index (κ1) is 7.23. The van der Waals surface area contributed by atoms with Crippen LogP contribution in [0.25, 0.3) is 0 Å². The summed E-state index contributed by atoms with van der Waals surface area (Å²) >= 11 is 3.92. The van der Waals surface area contributed by atoms with Gasteiger partial charge < -0.3 is 11.1 Å². The van der Waals surface area contributed by atoms with Crippen LogP contribution in [0.5, 0.6) is 0 Å². The molecule has 0 radical (unpaired) electrons. The lowest BCUT2D eigenvalue weighted by Gasteiger charge is -2.27. The zero-order valence-electron chi connectivity index (χ0n) is 5.11. The Kier molecular flexibility index (Phi) is 1.73. The maximum atomic E-state index is 10.9. The van der Waals surface area contributed by atoms with Crippen LogP contribution in [-0.4, -0.2) is 16.4 Å². The van der Waals surface area contributed by atoms with Crippen molar-refractivity contribution >= 4 is 18.5 Å². The van der Waals surface area contributed by atoms with Crippen molar-refractivity contribution in [2.45, 2.75) is 5.50 Å². The summed E-state index contributed by atoms with van der Waals surface area (Å²) in [5, 5.41) is 3.58. The molecule has 0 fully saturated rings. The molecule has 1 atom stereocenters. The summed E-state index contributed by atoms with van der Waals surface area (Å²) in [6.45, 7) is 0. The minimum Gasteiger partial charge on any atom is -0.393 e. The maximum absolute atomic E-state index is 10.9. The molecule has 0 aliphatic carbocycles. The number of carbonyl (C=O) groups excluding carboxylic acids is 1. The van der Waals surface area contributed by atoms with E-state index in [0.29, 0.717) is 0 Å². The van der Waals surface area contributed by atoms with Crippen LogP contribution in [0.1, 0.15) is 0 Å².